The number of nitrogens with zero attached hydrogens (tertiary/aromatic N) is 3. The molecule has 24 heavy (non-hydrogen) atoms. The second-order valence-electron chi connectivity index (χ2n) is 5.86. The van der Waals surface area contributed by atoms with Gasteiger partial charge >= 0.3 is 0 Å². The number of H-pyrrole nitrogens is 1. The predicted molar refractivity (Wildman–Crippen MR) is 88.4 cm³/mol. The first-order valence-electron chi connectivity index (χ1n) is 7.81. The second-order valence-corrected chi connectivity index (χ2v) is 5.86. The minimum Gasteiger partial charge on any atom is -0.354 e. The Balaban J connectivity index is 1.46. The molecule has 1 fully saturated rings. The third-order valence-electron chi connectivity index (χ3n) is 4.24. The molecule has 0 saturated carbocycles. The number of carbonyl (C=O) groups excluding carboxylic acids is 1. The smallest absolute Gasteiger partial charge is 0.272 e. The molecule has 4 rings (SSSR count). The van der Waals surface area contributed by atoms with E-state index in [1.54, 1.807) is 12.3 Å². The Labute approximate surface area is 137 Å². The van der Waals surface area contributed by atoms with Crippen molar-refractivity contribution in [2.45, 2.75) is 12.5 Å². The number of carbonyl (C=O) groups is 1. The number of benzene rings is 1. The van der Waals surface area contributed by atoms with Crippen molar-refractivity contribution in [3.63, 3.8) is 0 Å². The zero-order valence-electron chi connectivity index (χ0n) is 12.9. The highest BCUT2D eigenvalue weighted by atomic mass is 19.1. The Morgan fingerprint density at radius 3 is 3.08 bits per heavy atom. The molecular formula is C17H16FN5O. The number of fused-ring (bicyclic) bond motifs is 1. The van der Waals surface area contributed by atoms with Gasteiger partial charge in [0.05, 0.1) is 5.52 Å². The number of amides is 1. The van der Waals surface area contributed by atoms with E-state index >= 15 is 0 Å². The maximum absolute atomic E-state index is 13.2. The largest absolute Gasteiger partial charge is 0.354 e. The van der Waals surface area contributed by atoms with Crippen molar-refractivity contribution < 1.29 is 9.18 Å². The van der Waals surface area contributed by atoms with Crippen LogP contribution in [-0.4, -0.2) is 40.2 Å². The van der Waals surface area contributed by atoms with Crippen molar-refractivity contribution in [3.8, 4) is 0 Å². The molecule has 0 aliphatic carbocycles. The van der Waals surface area contributed by atoms with Gasteiger partial charge in [-0.2, -0.15) is 5.10 Å². The Bertz CT molecular complexity index is 879. The van der Waals surface area contributed by atoms with Crippen LogP contribution in [0.1, 0.15) is 16.9 Å². The number of anilines is 1. The minimum atomic E-state index is -0.361. The topological polar surface area (TPSA) is 73.9 Å². The molecule has 1 aliphatic heterocycles. The quantitative estimate of drug-likeness (QED) is 0.773. The van der Waals surface area contributed by atoms with Crippen LogP contribution < -0.4 is 10.2 Å². The number of aromatic amines is 1. The van der Waals surface area contributed by atoms with E-state index in [9.17, 15) is 9.18 Å². The van der Waals surface area contributed by atoms with E-state index in [0.29, 0.717) is 23.1 Å². The molecule has 2 aromatic heterocycles. The second kappa shape index (κ2) is 5.92. The van der Waals surface area contributed by atoms with Gasteiger partial charge in [-0.3, -0.25) is 9.89 Å². The number of nitrogens with one attached hydrogen (secondary N) is 2. The van der Waals surface area contributed by atoms with E-state index in [-0.39, 0.29) is 17.8 Å². The zero-order valence-corrected chi connectivity index (χ0v) is 12.9. The predicted octanol–water partition coefficient (Wildman–Crippen LogP) is 2.11. The van der Waals surface area contributed by atoms with Crippen LogP contribution in [0.5, 0.6) is 0 Å². The van der Waals surface area contributed by atoms with E-state index in [2.05, 4.69) is 25.4 Å². The Kier molecular flexibility index (Phi) is 3.60. The van der Waals surface area contributed by atoms with Crippen LogP contribution in [0.4, 0.5) is 10.2 Å². The molecule has 1 unspecified atom stereocenters. The van der Waals surface area contributed by atoms with Crippen LogP contribution >= 0.6 is 0 Å². The van der Waals surface area contributed by atoms with Crippen molar-refractivity contribution in [1.29, 1.82) is 0 Å². The van der Waals surface area contributed by atoms with Crippen LogP contribution in [0.25, 0.3) is 10.9 Å². The molecule has 6 nitrogen and oxygen atoms in total. The third kappa shape index (κ3) is 2.68. The van der Waals surface area contributed by atoms with Crippen LogP contribution in [0.2, 0.25) is 0 Å². The number of pyridine rings is 1. The summed E-state index contributed by atoms with van der Waals surface area (Å²) >= 11 is 0. The summed E-state index contributed by atoms with van der Waals surface area (Å²) in [5.74, 6) is 0.301. The summed E-state index contributed by atoms with van der Waals surface area (Å²) < 4.78 is 13.2. The molecule has 122 valence electrons. The van der Waals surface area contributed by atoms with Gasteiger partial charge in [-0.25, -0.2) is 9.37 Å². The summed E-state index contributed by atoms with van der Waals surface area (Å²) in [5, 5.41) is 10.3. The van der Waals surface area contributed by atoms with Crippen molar-refractivity contribution in [2.75, 3.05) is 18.0 Å². The molecule has 3 heterocycles. The molecule has 0 radical (unpaired) electrons. The molecule has 1 aliphatic rings. The average molecular weight is 325 g/mol. The maximum atomic E-state index is 13.2. The van der Waals surface area contributed by atoms with Gasteiger partial charge in [0.15, 0.2) is 5.69 Å². The molecule has 3 aromatic rings. The molecule has 7 heteroatoms. The summed E-state index contributed by atoms with van der Waals surface area (Å²) in [5.41, 5.74) is 0.808. The van der Waals surface area contributed by atoms with Crippen molar-refractivity contribution in [3.05, 3.63) is 54.1 Å². The van der Waals surface area contributed by atoms with E-state index in [1.807, 2.05) is 18.2 Å². The number of rotatable bonds is 3. The van der Waals surface area contributed by atoms with Gasteiger partial charge < -0.3 is 10.2 Å². The van der Waals surface area contributed by atoms with E-state index < -0.39 is 0 Å². The van der Waals surface area contributed by atoms with Gasteiger partial charge in [0.25, 0.3) is 5.91 Å². The van der Waals surface area contributed by atoms with Crippen LogP contribution in [0, 0.1) is 5.82 Å². The summed E-state index contributed by atoms with van der Waals surface area (Å²) in [6.45, 7) is 1.55. The maximum Gasteiger partial charge on any atom is 0.272 e. The van der Waals surface area contributed by atoms with Crippen molar-refractivity contribution in [2.24, 2.45) is 0 Å². The molecule has 0 spiro atoms. The molecule has 0 bridgehead atoms. The lowest BCUT2D eigenvalue weighted by Crippen LogP contribution is -2.37. The highest BCUT2D eigenvalue weighted by molar-refractivity contribution is 6.04. The first kappa shape index (κ1) is 14.6. The Morgan fingerprint density at radius 2 is 2.25 bits per heavy atom. The monoisotopic (exact) mass is 325 g/mol. The van der Waals surface area contributed by atoms with E-state index in [1.165, 1.54) is 12.1 Å². The van der Waals surface area contributed by atoms with E-state index in [4.69, 9.17) is 0 Å². The fraction of sp³-hybridized carbons (Fsp3) is 0.235. The van der Waals surface area contributed by atoms with Gasteiger partial charge in [0, 0.05) is 30.7 Å². The highest BCUT2D eigenvalue weighted by Crippen LogP contribution is 2.20. The molecule has 2 N–H and O–H groups in total. The molecule has 1 amide bonds. The number of hydrogen-bond acceptors (Lipinski definition) is 4. The fourth-order valence-electron chi connectivity index (χ4n) is 3.05. The normalized spacial score (nSPS) is 17.4. The van der Waals surface area contributed by atoms with Crippen molar-refractivity contribution >= 4 is 22.6 Å². The van der Waals surface area contributed by atoms with Crippen LogP contribution in [-0.2, 0) is 0 Å². The van der Waals surface area contributed by atoms with E-state index in [0.717, 1.165) is 18.8 Å². The van der Waals surface area contributed by atoms with Crippen LogP contribution in [0.15, 0.2) is 42.6 Å². The van der Waals surface area contributed by atoms with Gasteiger partial charge in [-0.15, -0.1) is 0 Å². The first-order chi connectivity index (χ1) is 11.7. The number of aromatic nitrogens is 3. The SMILES string of the molecule is O=C(NC1CCN(c2ccccn2)C1)c1n[nH]c2cc(F)ccc12. The van der Waals surface area contributed by atoms with Gasteiger partial charge in [-0.05, 0) is 36.8 Å². The summed E-state index contributed by atoms with van der Waals surface area (Å²) in [6, 6.07) is 10.0. The summed E-state index contributed by atoms with van der Waals surface area (Å²) in [4.78, 5) is 19.0. The molecule has 1 saturated heterocycles. The third-order valence-corrected chi connectivity index (χ3v) is 4.24. The molecule has 1 atom stereocenters. The average Bonchev–Trinajstić information content (AvgIpc) is 3.22. The lowest BCUT2D eigenvalue weighted by molar-refractivity contribution is 0.0937. The number of hydrogen-bond donors (Lipinski definition) is 2. The fourth-order valence-corrected chi connectivity index (χ4v) is 3.05. The van der Waals surface area contributed by atoms with Gasteiger partial charge in [0.1, 0.15) is 11.6 Å². The molecular weight excluding hydrogens is 309 g/mol. The van der Waals surface area contributed by atoms with Crippen LogP contribution in [0.3, 0.4) is 0 Å². The Hall–Kier alpha value is -2.96. The number of halogens is 1. The van der Waals surface area contributed by atoms with Gasteiger partial charge in [-0.1, -0.05) is 6.07 Å². The molecule has 1 aromatic carbocycles. The summed E-state index contributed by atoms with van der Waals surface area (Å²) in [6.07, 6.45) is 2.61. The zero-order chi connectivity index (χ0) is 16.5. The minimum absolute atomic E-state index is 0.0340. The highest BCUT2D eigenvalue weighted by Gasteiger charge is 2.26. The summed E-state index contributed by atoms with van der Waals surface area (Å²) in [7, 11) is 0. The first-order valence-corrected chi connectivity index (χ1v) is 7.81. The lowest BCUT2D eigenvalue weighted by atomic mass is 10.2. The van der Waals surface area contributed by atoms with Crippen molar-refractivity contribution in [1.82, 2.24) is 20.5 Å². The lowest BCUT2D eigenvalue weighted by Gasteiger charge is -2.17. The van der Waals surface area contributed by atoms with Gasteiger partial charge in [0.2, 0.25) is 0 Å². The Morgan fingerprint density at radius 1 is 1.33 bits per heavy atom. The standard InChI is InChI=1S/C17H16FN5O/c18-11-4-5-13-14(9-11)21-22-16(13)17(24)20-12-6-8-23(10-12)15-3-1-2-7-19-15/h1-5,7,9,12H,6,8,10H2,(H,20,24)(H,21,22).